The number of halogens is 1. The van der Waals surface area contributed by atoms with E-state index in [1.54, 1.807) is 0 Å². The lowest BCUT2D eigenvalue weighted by Crippen LogP contribution is -2.40. The van der Waals surface area contributed by atoms with Gasteiger partial charge in [0.2, 0.25) is 10.0 Å². The Morgan fingerprint density at radius 3 is 2.62 bits per heavy atom. The molecule has 1 rings (SSSR count). The van der Waals surface area contributed by atoms with Crippen LogP contribution < -0.4 is 4.72 Å². The molecule has 118 valence electrons. The number of aliphatic hydroxyl groups is 1. The summed E-state index contributed by atoms with van der Waals surface area (Å²) in [6.45, 7) is 4.91. The van der Waals surface area contributed by atoms with Crippen LogP contribution in [0.3, 0.4) is 0 Å². The van der Waals surface area contributed by atoms with E-state index in [0.717, 1.165) is 0 Å². The molecular formula is C12H17BrN2O5S. The summed E-state index contributed by atoms with van der Waals surface area (Å²) in [4.78, 5) is 11.5. The van der Waals surface area contributed by atoms with Gasteiger partial charge in [-0.2, -0.15) is 0 Å². The van der Waals surface area contributed by atoms with Crippen LogP contribution in [0, 0.1) is 0 Å². The van der Waals surface area contributed by atoms with Crippen LogP contribution in [-0.2, 0) is 21.8 Å². The van der Waals surface area contributed by atoms with Gasteiger partial charge < -0.3 is 14.4 Å². The molecule has 0 saturated heterocycles. The number of nitrogens with zero attached hydrogens (tertiary/aromatic N) is 1. The predicted octanol–water partition coefficient (Wildman–Crippen LogP) is 0.788. The normalized spacial score (nSPS) is 14.5. The Bertz CT molecular complexity index is 651. The molecule has 0 saturated carbocycles. The number of aryl methyl sites for hydroxylation is 1. The summed E-state index contributed by atoms with van der Waals surface area (Å²) in [5.41, 5.74) is 0.0741. The first-order valence-corrected chi connectivity index (χ1v) is 8.19. The third-order valence-electron chi connectivity index (χ3n) is 2.82. The minimum atomic E-state index is -3.95. The molecule has 0 spiro atoms. The van der Waals surface area contributed by atoms with Crippen molar-refractivity contribution in [2.24, 2.45) is 7.05 Å². The summed E-state index contributed by atoms with van der Waals surface area (Å²) >= 11 is 3.10. The fraction of sp³-hybridized carbons (Fsp3) is 0.417. The van der Waals surface area contributed by atoms with Crippen LogP contribution in [0.5, 0.6) is 0 Å². The van der Waals surface area contributed by atoms with Gasteiger partial charge in [-0.05, 0) is 22.9 Å². The predicted molar refractivity (Wildman–Crippen MR) is 80.4 cm³/mol. The number of aromatic nitrogens is 1. The van der Waals surface area contributed by atoms with Gasteiger partial charge in [0.15, 0.2) is 0 Å². The molecule has 7 nitrogen and oxygen atoms in total. The molecule has 0 bridgehead atoms. The molecule has 0 aliphatic carbocycles. The Labute approximate surface area is 131 Å². The molecule has 2 N–H and O–H groups in total. The molecule has 21 heavy (non-hydrogen) atoms. The molecular weight excluding hydrogens is 364 g/mol. The Kier molecular flexibility index (Phi) is 5.74. The van der Waals surface area contributed by atoms with Crippen molar-refractivity contribution in [3.05, 3.63) is 29.0 Å². The molecule has 0 unspecified atom stereocenters. The third kappa shape index (κ3) is 3.73. The largest absolute Gasteiger partial charge is 0.464 e. The molecule has 1 aromatic heterocycles. The number of hydrogen-bond acceptors (Lipinski definition) is 5. The number of rotatable bonds is 6. The second-order valence-electron chi connectivity index (χ2n) is 4.38. The molecule has 0 fully saturated rings. The van der Waals surface area contributed by atoms with Crippen LogP contribution in [0.2, 0.25) is 0 Å². The van der Waals surface area contributed by atoms with Gasteiger partial charge in [-0.25, -0.2) is 17.9 Å². The zero-order chi connectivity index (χ0) is 16.4. The van der Waals surface area contributed by atoms with E-state index < -0.39 is 28.1 Å². The second kappa shape index (κ2) is 6.73. The van der Waals surface area contributed by atoms with Crippen molar-refractivity contribution >= 4 is 31.9 Å². The molecule has 9 heteroatoms. The van der Waals surface area contributed by atoms with E-state index in [2.05, 4.69) is 32.0 Å². The number of carbonyl (C=O) groups is 1. The Morgan fingerprint density at radius 1 is 1.62 bits per heavy atom. The number of hydrogen-bond donors (Lipinski definition) is 2. The zero-order valence-corrected chi connectivity index (χ0v) is 14.2. The van der Waals surface area contributed by atoms with E-state index in [0.29, 0.717) is 0 Å². The highest BCUT2D eigenvalue weighted by Gasteiger charge is 2.29. The Hall–Kier alpha value is -1.16. The highest BCUT2D eigenvalue weighted by atomic mass is 79.9. The molecule has 1 aromatic rings. The average Bonchev–Trinajstić information content (AvgIpc) is 2.71. The average molecular weight is 381 g/mol. The van der Waals surface area contributed by atoms with Crippen LogP contribution >= 0.6 is 15.9 Å². The molecule has 0 radical (unpaired) electrons. The van der Waals surface area contributed by atoms with Gasteiger partial charge in [0, 0.05) is 13.2 Å². The van der Waals surface area contributed by atoms with Crippen LogP contribution in [0.4, 0.5) is 0 Å². The summed E-state index contributed by atoms with van der Waals surface area (Å²) in [6.07, 6.45) is 1.63. The van der Waals surface area contributed by atoms with E-state index in [1.807, 2.05) is 0 Å². The number of methoxy groups -OCH3 is 1. The van der Waals surface area contributed by atoms with Crippen molar-refractivity contribution in [3.63, 3.8) is 0 Å². The van der Waals surface area contributed by atoms with Gasteiger partial charge in [-0.3, -0.25) is 0 Å². The molecule has 0 aromatic carbocycles. The van der Waals surface area contributed by atoms with Gasteiger partial charge in [-0.15, -0.1) is 6.58 Å². The second-order valence-corrected chi connectivity index (χ2v) is 6.86. The maximum Gasteiger partial charge on any atom is 0.355 e. The number of ether oxygens (including phenoxy) is 1. The Morgan fingerprint density at radius 2 is 2.19 bits per heavy atom. The smallest absolute Gasteiger partial charge is 0.355 e. The summed E-state index contributed by atoms with van der Waals surface area (Å²) in [6, 6.07) is -0.844. The molecule has 0 aliphatic heterocycles. The van der Waals surface area contributed by atoms with Crippen molar-refractivity contribution in [1.82, 2.24) is 9.29 Å². The summed E-state index contributed by atoms with van der Waals surface area (Å²) in [5, 5.41) is 9.49. The first-order valence-electron chi connectivity index (χ1n) is 5.91. The highest BCUT2D eigenvalue weighted by Crippen LogP contribution is 2.28. The quantitative estimate of drug-likeness (QED) is 0.561. The van der Waals surface area contributed by atoms with Crippen molar-refractivity contribution in [3.8, 4) is 0 Å². The first-order chi connectivity index (χ1) is 9.65. The highest BCUT2D eigenvalue weighted by molar-refractivity contribution is 9.10. The van der Waals surface area contributed by atoms with Crippen LogP contribution in [-0.4, -0.2) is 43.3 Å². The Balaban J connectivity index is 3.28. The van der Waals surface area contributed by atoms with E-state index >= 15 is 0 Å². The minimum Gasteiger partial charge on any atom is -0.464 e. The maximum absolute atomic E-state index is 12.3. The van der Waals surface area contributed by atoms with Gasteiger partial charge in [0.1, 0.15) is 10.6 Å². The molecule has 0 aliphatic rings. The fourth-order valence-corrected chi connectivity index (χ4v) is 4.26. The zero-order valence-electron chi connectivity index (χ0n) is 11.8. The maximum atomic E-state index is 12.3. The van der Waals surface area contributed by atoms with Crippen LogP contribution in [0.25, 0.3) is 0 Å². The minimum absolute atomic E-state index is 0.0741. The number of sulfonamides is 1. The molecule has 1 heterocycles. The van der Waals surface area contributed by atoms with Crippen molar-refractivity contribution < 1.29 is 23.1 Å². The first kappa shape index (κ1) is 17.9. The summed E-state index contributed by atoms with van der Waals surface area (Å²) < 4.78 is 33.0. The van der Waals surface area contributed by atoms with Crippen molar-refractivity contribution in [2.45, 2.75) is 24.0 Å². The van der Waals surface area contributed by atoms with Crippen molar-refractivity contribution in [2.75, 3.05) is 7.11 Å². The summed E-state index contributed by atoms with van der Waals surface area (Å²) in [7, 11) is -1.22. The van der Waals surface area contributed by atoms with Gasteiger partial charge in [-0.1, -0.05) is 6.08 Å². The monoisotopic (exact) mass is 380 g/mol. The lowest BCUT2D eigenvalue weighted by Gasteiger charge is -2.17. The van der Waals surface area contributed by atoms with Crippen LogP contribution in [0.1, 0.15) is 17.4 Å². The van der Waals surface area contributed by atoms with E-state index in [1.165, 1.54) is 37.9 Å². The van der Waals surface area contributed by atoms with E-state index in [9.17, 15) is 18.3 Å². The molecule has 2 atom stereocenters. The standard InChI is InChI=1S/C12H17BrN2O5S/c1-5-8(7(2)16)14-21(18,19)9-6-15(3)11(10(9)13)12(17)20-4/h5-8,14,16H,1H2,2-4H3/t7-,8-/m1/s1. The van der Waals surface area contributed by atoms with Gasteiger partial charge in [0.25, 0.3) is 0 Å². The number of aliphatic hydroxyl groups excluding tert-OH is 1. The van der Waals surface area contributed by atoms with Gasteiger partial charge in [0.05, 0.1) is 23.7 Å². The summed E-state index contributed by atoms with van der Waals surface area (Å²) in [5.74, 6) is -0.665. The van der Waals surface area contributed by atoms with Crippen LogP contribution in [0.15, 0.2) is 28.2 Å². The topological polar surface area (TPSA) is 97.6 Å². The molecule has 0 amide bonds. The van der Waals surface area contributed by atoms with Gasteiger partial charge >= 0.3 is 5.97 Å². The number of nitrogens with one attached hydrogen (secondary N) is 1. The SMILES string of the molecule is C=C[C@@H](NS(=O)(=O)c1cn(C)c(C(=O)OC)c1Br)[C@@H](C)O. The van der Waals surface area contributed by atoms with E-state index in [-0.39, 0.29) is 15.1 Å². The van der Waals surface area contributed by atoms with E-state index in [4.69, 9.17) is 0 Å². The third-order valence-corrected chi connectivity index (χ3v) is 5.36. The fourth-order valence-electron chi connectivity index (χ4n) is 1.67. The van der Waals surface area contributed by atoms with Crippen molar-refractivity contribution in [1.29, 1.82) is 0 Å². The lowest BCUT2D eigenvalue weighted by molar-refractivity contribution is 0.0588. The number of carbonyl (C=O) groups excluding carboxylic acids is 1. The lowest BCUT2D eigenvalue weighted by atomic mass is 10.2. The number of esters is 1.